The topological polar surface area (TPSA) is 49.3 Å². The van der Waals surface area contributed by atoms with E-state index in [0.29, 0.717) is 18.7 Å². The van der Waals surface area contributed by atoms with Crippen LogP contribution in [0.5, 0.6) is 0 Å². The highest BCUT2D eigenvalue weighted by atomic mass is 79.9. The van der Waals surface area contributed by atoms with Crippen molar-refractivity contribution in [3.8, 4) is 0 Å². The Kier molecular flexibility index (Phi) is 6.52. The van der Waals surface area contributed by atoms with Crippen LogP contribution < -0.4 is 5.32 Å². The molecule has 0 aliphatic heterocycles. The molecule has 0 saturated heterocycles. The number of hydrogen-bond donors (Lipinski definition) is 2. The van der Waals surface area contributed by atoms with Crippen LogP contribution in [0.1, 0.15) is 6.42 Å². The van der Waals surface area contributed by atoms with Gasteiger partial charge in [-0.25, -0.2) is 0 Å². The number of thioether (sulfide) groups is 1. The fraction of sp³-hybridized carbons (Fsp3) is 0.364. The number of nitrogens with one attached hydrogen (secondary N) is 1. The SMILES string of the molecule is O=C(CSc1cccc(Br)c1)NCCCO. The number of aliphatic hydroxyl groups excluding tert-OH is 1. The van der Waals surface area contributed by atoms with Crippen molar-refractivity contribution in [3.05, 3.63) is 28.7 Å². The Morgan fingerprint density at radius 2 is 2.31 bits per heavy atom. The van der Waals surface area contributed by atoms with Crippen molar-refractivity contribution >= 4 is 33.6 Å². The molecule has 0 bridgehead atoms. The molecule has 0 aromatic heterocycles. The molecule has 0 spiro atoms. The van der Waals surface area contributed by atoms with E-state index in [4.69, 9.17) is 5.11 Å². The normalized spacial score (nSPS) is 10.1. The van der Waals surface area contributed by atoms with Crippen LogP contribution in [-0.2, 0) is 4.79 Å². The monoisotopic (exact) mass is 303 g/mol. The molecule has 2 N–H and O–H groups in total. The standard InChI is InChI=1S/C11H14BrNO2S/c12-9-3-1-4-10(7-9)16-8-11(15)13-5-2-6-14/h1,3-4,7,14H,2,5-6,8H2,(H,13,15). The van der Waals surface area contributed by atoms with Crippen molar-refractivity contribution in [1.82, 2.24) is 5.32 Å². The Morgan fingerprint density at radius 1 is 1.50 bits per heavy atom. The molecule has 1 rings (SSSR count). The maximum absolute atomic E-state index is 11.4. The van der Waals surface area contributed by atoms with Crippen molar-refractivity contribution in [2.45, 2.75) is 11.3 Å². The number of aliphatic hydroxyl groups is 1. The molecular formula is C11H14BrNO2S. The first-order valence-electron chi connectivity index (χ1n) is 4.98. The van der Waals surface area contributed by atoms with Gasteiger partial charge in [0.15, 0.2) is 0 Å². The van der Waals surface area contributed by atoms with Gasteiger partial charge in [0, 0.05) is 22.5 Å². The van der Waals surface area contributed by atoms with E-state index in [2.05, 4.69) is 21.2 Å². The van der Waals surface area contributed by atoms with Gasteiger partial charge < -0.3 is 10.4 Å². The molecule has 1 amide bonds. The molecule has 0 aliphatic carbocycles. The minimum Gasteiger partial charge on any atom is -0.396 e. The summed E-state index contributed by atoms with van der Waals surface area (Å²) in [5, 5.41) is 11.3. The zero-order valence-electron chi connectivity index (χ0n) is 8.78. The second-order valence-corrected chi connectivity index (χ2v) is 5.14. The second-order valence-electron chi connectivity index (χ2n) is 3.17. The van der Waals surface area contributed by atoms with E-state index in [0.717, 1.165) is 9.37 Å². The zero-order valence-corrected chi connectivity index (χ0v) is 11.2. The van der Waals surface area contributed by atoms with E-state index in [1.54, 1.807) is 0 Å². The lowest BCUT2D eigenvalue weighted by Crippen LogP contribution is -2.26. The fourth-order valence-corrected chi connectivity index (χ4v) is 2.40. The number of carbonyl (C=O) groups excluding carboxylic acids is 1. The lowest BCUT2D eigenvalue weighted by atomic mass is 10.4. The van der Waals surface area contributed by atoms with Crippen LogP contribution in [-0.4, -0.2) is 29.9 Å². The molecule has 3 nitrogen and oxygen atoms in total. The lowest BCUT2D eigenvalue weighted by molar-refractivity contribution is -0.118. The molecule has 0 fully saturated rings. The molecule has 0 saturated carbocycles. The third kappa shape index (κ3) is 5.53. The summed E-state index contributed by atoms with van der Waals surface area (Å²) in [6.45, 7) is 0.646. The van der Waals surface area contributed by atoms with Gasteiger partial charge in [-0.1, -0.05) is 22.0 Å². The van der Waals surface area contributed by atoms with E-state index in [1.165, 1.54) is 11.8 Å². The molecular weight excluding hydrogens is 290 g/mol. The van der Waals surface area contributed by atoms with Gasteiger partial charge in [0.05, 0.1) is 5.75 Å². The molecule has 88 valence electrons. The number of carbonyl (C=O) groups is 1. The number of halogens is 1. The Balaban J connectivity index is 2.26. The summed E-state index contributed by atoms with van der Waals surface area (Å²) in [6, 6.07) is 7.84. The summed E-state index contributed by atoms with van der Waals surface area (Å²) in [7, 11) is 0. The highest BCUT2D eigenvalue weighted by molar-refractivity contribution is 9.10. The quantitative estimate of drug-likeness (QED) is 0.624. The second kappa shape index (κ2) is 7.70. The van der Waals surface area contributed by atoms with E-state index in [9.17, 15) is 4.79 Å². The molecule has 0 radical (unpaired) electrons. The lowest BCUT2D eigenvalue weighted by Gasteiger charge is -2.04. The minimum absolute atomic E-state index is 0.00146. The average molecular weight is 304 g/mol. The number of rotatable bonds is 6. The van der Waals surface area contributed by atoms with Gasteiger partial charge in [0.2, 0.25) is 5.91 Å². The maximum Gasteiger partial charge on any atom is 0.230 e. The zero-order chi connectivity index (χ0) is 11.8. The van der Waals surface area contributed by atoms with Crippen LogP contribution in [0.3, 0.4) is 0 Å². The first-order valence-corrected chi connectivity index (χ1v) is 6.76. The fourth-order valence-electron chi connectivity index (χ4n) is 1.06. The Labute approximate surface area is 108 Å². The maximum atomic E-state index is 11.4. The molecule has 1 aromatic rings. The van der Waals surface area contributed by atoms with Gasteiger partial charge in [0.1, 0.15) is 0 Å². The largest absolute Gasteiger partial charge is 0.396 e. The molecule has 0 aliphatic rings. The van der Waals surface area contributed by atoms with E-state index in [-0.39, 0.29) is 12.5 Å². The molecule has 0 unspecified atom stereocenters. The van der Waals surface area contributed by atoms with E-state index < -0.39 is 0 Å². The average Bonchev–Trinajstić information content (AvgIpc) is 2.27. The van der Waals surface area contributed by atoms with Crippen LogP contribution in [0.4, 0.5) is 0 Å². The highest BCUT2D eigenvalue weighted by Crippen LogP contribution is 2.21. The van der Waals surface area contributed by atoms with Gasteiger partial charge in [-0.05, 0) is 24.6 Å². The predicted octanol–water partition coefficient (Wildman–Crippen LogP) is 2.04. The first-order chi connectivity index (χ1) is 7.72. The summed E-state index contributed by atoms with van der Waals surface area (Å²) >= 11 is 4.87. The van der Waals surface area contributed by atoms with Crippen LogP contribution >= 0.6 is 27.7 Å². The number of amides is 1. The van der Waals surface area contributed by atoms with Crippen LogP contribution in [0.25, 0.3) is 0 Å². The van der Waals surface area contributed by atoms with Crippen LogP contribution in [0.15, 0.2) is 33.6 Å². The van der Waals surface area contributed by atoms with E-state index >= 15 is 0 Å². The van der Waals surface area contributed by atoms with Crippen molar-refractivity contribution in [2.24, 2.45) is 0 Å². The Morgan fingerprint density at radius 3 is 3.00 bits per heavy atom. The minimum atomic E-state index is -0.00146. The van der Waals surface area contributed by atoms with Gasteiger partial charge >= 0.3 is 0 Å². The van der Waals surface area contributed by atoms with E-state index in [1.807, 2.05) is 24.3 Å². The molecule has 5 heteroatoms. The van der Waals surface area contributed by atoms with Gasteiger partial charge in [-0.2, -0.15) is 0 Å². The highest BCUT2D eigenvalue weighted by Gasteiger charge is 2.02. The van der Waals surface area contributed by atoms with Gasteiger partial charge in [-0.3, -0.25) is 4.79 Å². The van der Waals surface area contributed by atoms with Crippen molar-refractivity contribution in [3.63, 3.8) is 0 Å². The summed E-state index contributed by atoms with van der Waals surface area (Å²) in [5.74, 6) is 0.403. The molecule has 1 aromatic carbocycles. The number of hydrogen-bond acceptors (Lipinski definition) is 3. The smallest absolute Gasteiger partial charge is 0.230 e. The Bertz CT molecular complexity index is 347. The summed E-state index contributed by atoms with van der Waals surface area (Å²) in [5.41, 5.74) is 0. The van der Waals surface area contributed by atoms with Crippen LogP contribution in [0, 0.1) is 0 Å². The predicted molar refractivity (Wildman–Crippen MR) is 69.6 cm³/mol. The van der Waals surface area contributed by atoms with Gasteiger partial charge in [-0.15, -0.1) is 11.8 Å². The third-order valence-corrected chi connectivity index (χ3v) is 3.31. The Hall–Kier alpha value is -0.520. The number of benzene rings is 1. The third-order valence-electron chi connectivity index (χ3n) is 1.82. The molecule has 0 atom stereocenters. The summed E-state index contributed by atoms with van der Waals surface area (Å²) in [6.07, 6.45) is 0.604. The van der Waals surface area contributed by atoms with Crippen molar-refractivity contribution in [1.29, 1.82) is 0 Å². The van der Waals surface area contributed by atoms with Crippen molar-refractivity contribution < 1.29 is 9.90 Å². The summed E-state index contributed by atoms with van der Waals surface area (Å²) < 4.78 is 1.01. The molecule has 16 heavy (non-hydrogen) atoms. The van der Waals surface area contributed by atoms with Gasteiger partial charge in [0.25, 0.3) is 0 Å². The summed E-state index contributed by atoms with van der Waals surface area (Å²) in [4.78, 5) is 12.4. The first kappa shape index (κ1) is 13.5. The van der Waals surface area contributed by atoms with Crippen molar-refractivity contribution in [2.75, 3.05) is 18.9 Å². The van der Waals surface area contributed by atoms with Crippen LogP contribution in [0.2, 0.25) is 0 Å². The molecule has 0 heterocycles.